The minimum absolute atomic E-state index is 0.00583. The summed E-state index contributed by atoms with van der Waals surface area (Å²) in [5.74, 6) is -2.05. The number of primary amides is 1. The van der Waals surface area contributed by atoms with Crippen molar-refractivity contribution >= 4 is 47.2 Å². The van der Waals surface area contributed by atoms with Crippen LogP contribution < -0.4 is 11.1 Å². The minimum Gasteiger partial charge on any atom is -0.481 e. The second-order valence-corrected chi connectivity index (χ2v) is 11.4. The molecule has 2 fully saturated rings. The fourth-order valence-electron chi connectivity index (χ4n) is 4.31. The Labute approximate surface area is 226 Å². The highest BCUT2D eigenvalue weighted by Gasteiger charge is 2.57. The van der Waals surface area contributed by atoms with Gasteiger partial charge in [-0.1, -0.05) is 48.5 Å². The van der Waals surface area contributed by atoms with Gasteiger partial charge in [0.05, 0.1) is 0 Å². The Hall–Kier alpha value is -3.17. The normalized spacial score (nSPS) is 23.3. The van der Waals surface area contributed by atoms with Gasteiger partial charge in [0.25, 0.3) is 5.91 Å². The van der Waals surface area contributed by atoms with Crippen LogP contribution in [0, 0.1) is 5.41 Å². The summed E-state index contributed by atoms with van der Waals surface area (Å²) in [6, 6.07) is 7.58. The number of nitrogens with two attached hydrogens (primary N) is 1. The van der Waals surface area contributed by atoms with E-state index in [4.69, 9.17) is 5.73 Å². The lowest BCUT2D eigenvalue weighted by atomic mass is 9.89. The molecule has 1 aromatic carbocycles. The maximum absolute atomic E-state index is 12.9. The number of nitrogens with one attached hydrogen (secondary N) is 1. The number of aliphatic carboxylic acids is 1. The number of aryl methyl sites for hydroxylation is 1. The van der Waals surface area contributed by atoms with Gasteiger partial charge in [0.1, 0.15) is 16.8 Å². The van der Waals surface area contributed by atoms with Crippen LogP contribution in [-0.2, 0) is 25.7 Å². The monoisotopic (exact) mass is 563 g/mol. The number of aromatic nitrogens is 4. The number of thioether (sulfide) groups is 2. The maximum Gasteiger partial charge on any atom is 0.313 e. The molecule has 0 spiro atoms. The van der Waals surface area contributed by atoms with Crippen molar-refractivity contribution in [3.8, 4) is 0 Å². The molecule has 0 saturated carbocycles. The summed E-state index contributed by atoms with van der Waals surface area (Å²) >= 11 is 2.51. The number of rotatable bonds is 13. The van der Waals surface area contributed by atoms with Gasteiger partial charge in [-0.3, -0.25) is 19.2 Å². The number of aliphatic hydroxyl groups excluding tert-OH is 1. The summed E-state index contributed by atoms with van der Waals surface area (Å²) in [7, 11) is 0. The van der Waals surface area contributed by atoms with E-state index in [0.29, 0.717) is 30.1 Å². The molecule has 2 aliphatic rings. The van der Waals surface area contributed by atoms with Crippen LogP contribution in [0.1, 0.15) is 37.4 Å². The highest BCUT2D eigenvalue weighted by Crippen LogP contribution is 2.44. The fraction of sp³-hybridized carbons (Fsp3) is 0.522. The molecule has 13 nitrogen and oxygen atoms in total. The average Bonchev–Trinajstić information content (AvgIpc) is 3.37. The number of aliphatic hydroxyl groups is 1. The predicted octanol–water partition coefficient (Wildman–Crippen LogP) is 0.0154. The van der Waals surface area contributed by atoms with Gasteiger partial charge in [0, 0.05) is 31.0 Å². The lowest BCUT2D eigenvalue weighted by Crippen LogP contribution is -2.74. The van der Waals surface area contributed by atoms with Gasteiger partial charge in [0.2, 0.25) is 17.0 Å². The highest BCUT2D eigenvalue weighted by atomic mass is 32.2. The second-order valence-electron chi connectivity index (χ2n) is 9.30. The molecule has 2 aromatic rings. The third kappa shape index (κ3) is 6.10. The Kier molecular flexibility index (Phi) is 8.89. The van der Waals surface area contributed by atoms with Crippen molar-refractivity contribution in [3.63, 3.8) is 0 Å². The number of carbonyl (C=O) groups excluding carboxylic acids is 3. The maximum atomic E-state index is 12.9. The first-order valence-electron chi connectivity index (χ1n) is 12.1. The van der Waals surface area contributed by atoms with E-state index in [1.165, 1.54) is 28.4 Å². The molecule has 2 saturated heterocycles. The molecule has 0 radical (unpaired) electrons. The molecule has 5 N–H and O–H groups in total. The first-order chi connectivity index (χ1) is 18.2. The number of fused-ring (bicyclic) bond motifs is 1. The van der Waals surface area contributed by atoms with Crippen LogP contribution in [0.5, 0.6) is 0 Å². The summed E-state index contributed by atoms with van der Waals surface area (Å²) in [6.45, 7) is 0.514. The molecule has 0 bridgehead atoms. The molecule has 2 aliphatic heterocycles. The van der Waals surface area contributed by atoms with Crippen molar-refractivity contribution in [3.05, 3.63) is 35.9 Å². The molecule has 3 unspecified atom stereocenters. The van der Waals surface area contributed by atoms with Crippen LogP contribution in [0.25, 0.3) is 0 Å². The van der Waals surface area contributed by atoms with Crippen molar-refractivity contribution in [2.45, 2.75) is 54.9 Å². The molecule has 38 heavy (non-hydrogen) atoms. The summed E-state index contributed by atoms with van der Waals surface area (Å²) in [5, 5.41) is 34.8. The van der Waals surface area contributed by atoms with Gasteiger partial charge in [-0.15, -0.1) is 16.9 Å². The van der Waals surface area contributed by atoms with Crippen LogP contribution in [0.2, 0.25) is 0 Å². The highest BCUT2D eigenvalue weighted by molar-refractivity contribution is 8.00. The zero-order valence-corrected chi connectivity index (χ0v) is 22.1. The molecule has 1 aromatic heterocycles. The molecule has 4 rings (SSSR count). The van der Waals surface area contributed by atoms with E-state index in [1.54, 1.807) is 35.0 Å². The van der Waals surface area contributed by atoms with Gasteiger partial charge in [-0.05, 0) is 28.8 Å². The summed E-state index contributed by atoms with van der Waals surface area (Å²) in [4.78, 5) is 50.0. The number of amides is 3. The third-order valence-electron chi connectivity index (χ3n) is 6.53. The molecular weight excluding hydrogens is 534 g/mol. The number of hydrogen-bond donors (Lipinski definition) is 4. The zero-order valence-electron chi connectivity index (χ0n) is 20.4. The lowest BCUT2D eigenvalue weighted by Gasteiger charge is -2.53. The van der Waals surface area contributed by atoms with Crippen LogP contribution in [0.3, 0.4) is 0 Å². The van der Waals surface area contributed by atoms with E-state index in [0.717, 1.165) is 12.8 Å². The lowest BCUT2D eigenvalue weighted by molar-refractivity contribution is -0.158. The zero-order chi connectivity index (χ0) is 27.3. The Balaban J connectivity index is 1.32. The number of tetrazole rings is 1. The molecule has 204 valence electrons. The second kappa shape index (κ2) is 12.1. The van der Waals surface area contributed by atoms with Crippen molar-refractivity contribution in [1.82, 2.24) is 30.4 Å². The minimum atomic E-state index is -1.41. The number of benzene rings is 1. The van der Waals surface area contributed by atoms with Gasteiger partial charge in [-0.25, -0.2) is 4.68 Å². The van der Waals surface area contributed by atoms with Gasteiger partial charge >= 0.3 is 5.97 Å². The third-order valence-corrected chi connectivity index (χ3v) is 9.36. The van der Waals surface area contributed by atoms with Gasteiger partial charge in [0.15, 0.2) is 6.10 Å². The van der Waals surface area contributed by atoms with E-state index in [-0.39, 0.29) is 29.9 Å². The number of carboxylic acids is 1. The van der Waals surface area contributed by atoms with Crippen molar-refractivity contribution in [2.24, 2.45) is 11.1 Å². The predicted molar refractivity (Wildman–Crippen MR) is 138 cm³/mol. The molecular formula is C23H29N7O6S2. The molecule has 3 heterocycles. The summed E-state index contributed by atoms with van der Waals surface area (Å²) in [5.41, 5.74) is 4.34. The van der Waals surface area contributed by atoms with Gasteiger partial charge < -0.3 is 26.2 Å². The van der Waals surface area contributed by atoms with Crippen LogP contribution in [-0.4, -0.2) is 88.5 Å². The van der Waals surface area contributed by atoms with Crippen LogP contribution in [0.15, 0.2) is 35.5 Å². The van der Waals surface area contributed by atoms with E-state index in [2.05, 4.69) is 20.8 Å². The van der Waals surface area contributed by atoms with Crippen molar-refractivity contribution in [2.75, 3.05) is 18.1 Å². The van der Waals surface area contributed by atoms with Crippen LogP contribution in [0.4, 0.5) is 0 Å². The van der Waals surface area contributed by atoms with Crippen LogP contribution >= 0.6 is 23.5 Å². The number of nitrogens with zero attached hydrogens (tertiary/aromatic N) is 5. The number of β-lactam (4-membered cyclic amide) rings is 1. The average molecular weight is 564 g/mol. The first kappa shape index (κ1) is 27.9. The SMILES string of the molecule is NC(=O)CCCCCn1nnnc1SCC1(C(=O)O)CS[C@@H]2C(NC(=O)C(O)c3ccccc3)C(=O)N2C1. The number of unbranched alkanes of at least 4 members (excludes halogenated alkanes) is 2. The summed E-state index contributed by atoms with van der Waals surface area (Å²) < 4.78 is 1.60. The van der Waals surface area contributed by atoms with E-state index >= 15 is 0 Å². The van der Waals surface area contributed by atoms with E-state index in [9.17, 15) is 29.4 Å². The molecule has 3 amide bonds. The Morgan fingerprint density at radius 2 is 2.00 bits per heavy atom. The van der Waals surface area contributed by atoms with Gasteiger partial charge in [-0.2, -0.15) is 0 Å². The van der Waals surface area contributed by atoms with Crippen molar-refractivity contribution < 1.29 is 29.4 Å². The number of carboxylic acid groups (broad SMARTS) is 1. The van der Waals surface area contributed by atoms with E-state index < -0.39 is 34.8 Å². The number of carbonyl (C=O) groups is 4. The Bertz CT molecular complexity index is 1180. The first-order valence-corrected chi connectivity index (χ1v) is 14.1. The topological polar surface area (TPSA) is 194 Å². The number of hydrogen-bond acceptors (Lipinski definition) is 10. The Morgan fingerprint density at radius 1 is 1.24 bits per heavy atom. The molecule has 4 atom stereocenters. The van der Waals surface area contributed by atoms with E-state index in [1.807, 2.05) is 0 Å². The fourth-order valence-corrected chi connectivity index (χ4v) is 7.07. The quantitative estimate of drug-likeness (QED) is 0.146. The summed E-state index contributed by atoms with van der Waals surface area (Å²) in [6.07, 6.45) is 1.11. The smallest absolute Gasteiger partial charge is 0.313 e. The largest absolute Gasteiger partial charge is 0.481 e. The molecule has 15 heteroatoms. The standard InChI is InChI=1S/C23H29N7O6S2/c24-15(31)9-5-2-6-10-30-22(26-27-28-30)38-13-23(21(35)36)11-29-19(34)16(20(29)37-12-23)25-18(33)17(32)14-7-3-1-4-8-14/h1,3-4,7-8,16-17,20,32H,2,5-6,9-13H2,(H2,24,31)(H,25,33)(H,35,36)/t16?,17?,20-,23?/m1/s1. The molecule has 0 aliphatic carbocycles. The Morgan fingerprint density at radius 3 is 2.71 bits per heavy atom. The van der Waals surface area contributed by atoms with Crippen molar-refractivity contribution in [1.29, 1.82) is 0 Å².